The summed E-state index contributed by atoms with van der Waals surface area (Å²) in [6.45, 7) is 7.44. The summed E-state index contributed by atoms with van der Waals surface area (Å²) in [6, 6.07) is 4.30. The molecule has 0 heterocycles. The lowest BCUT2D eigenvalue weighted by Gasteiger charge is -2.05. The van der Waals surface area contributed by atoms with Crippen LogP contribution in [0.5, 0.6) is 5.75 Å². The van der Waals surface area contributed by atoms with E-state index in [2.05, 4.69) is 17.9 Å². The Kier molecular flexibility index (Phi) is 6.58. The molecule has 0 unspecified atom stereocenters. The van der Waals surface area contributed by atoms with Crippen LogP contribution in [0, 0.1) is 0 Å². The molecule has 0 aromatic heterocycles. The Balaban J connectivity index is 0.000000873. The van der Waals surface area contributed by atoms with Gasteiger partial charge in [0.15, 0.2) is 5.78 Å². The van der Waals surface area contributed by atoms with Crippen LogP contribution in [0.2, 0.25) is 0 Å². The molecule has 1 aromatic carbocycles. The van der Waals surface area contributed by atoms with E-state index in [1.54, 1.807) is 0 Å². The highest BCUT2D eigenvalue weighted by atomic mass is 16.5. The standard InChI is InChI=1S/C11H10O4.C2H4O/c1-3-15-11(14)9-6-4-5-8(7(2)12)10(9)13;1-2-3/h3-6,13H,1H2,2H3;2-3H,1H2. The fourth-order valence-electron chi connectivity index (χ4n) is 1.13. The van der Waals surface area contributed by atoms with Crippen LogP contribution in [0.15, 0.2) is 43.9 Å². The summed E-state index contributed by atoms with van der Waals surface area (Å²) in [6.07, 6.45) is 1.71. The average Bonchev–Trinajstić information content (AvgIpc) is 2.30. The number of aliphatic hydroxyl groups excluding tert-OH is 1. The van der Waals surface area contributed by atoms with E-state index in [1.165, 1.54) is 25.1 Å². The van der Waals surface area contributed by atoms with Gasteiger partial charge in [0.1, 0.15) is 11.3 Å². The number of hydrogen-bond donors (Lipinski definition) is 2. The van der Waals surface area contributed by atoms with Crippen molar-refractivity contribution in [3.63, 3.8) is 0 Å². The second kappa shape index (κ2) is 7.67. The van der Waals surface area contributed by atoms with Crippen LogP contribution in [-0.2, 0) is 4.74 Å². The number of carbonyl (C=O) groups excluding carboxylic acids is 2. The third-order valence-electron chi connectivity index (χ3n) is 1.83. The van der Waals surface area contributed by atoms with E-state index >= 15 is 0 Å². The first-order chi connectivity index (χ1) is 8.49. The van der Waals surface area contributed by atoms with Crippen LogP contribution in [0.3, 0.4) is 0 Å². The molecule has 0 aliphatic heterocycles. The molecule has 0 atom stereocenters. The lowest BCUT2D eigenvalue weighted by molar-refractivity contribution is 0.0661. The molecule has 2 N–H and O–H groups in total. The number of esters is 1. The van der Waals surface area contributed by atoms with E-state index in [-0.39, 0.29) is 22.7 Å². The molecule has 0 fully saturated rings. The van der Waals surface area contributed by atoms with Crippen molar-refractivity contribution < 1.29 is 24.5 Å². The molecule has 0 spiro atoms. The second-order valence-electron chi connectivity index (χ2n) is 3.01. The van der Waals surface area contributed by atoms with Crippen molar-refractivity contribution in [1.29, 1.82) is 0 Å². The molecule has 0 radical (unpaired) electrons. The minimum atomic E-state index is -0.745. The maximum absolute atomic E-state index is 11.3. The van der Waals surface area contributed by atoms with Gasteiger partial charge in [0.2, 0.25) is 0 Å². The molecule has 0 saturated carbocycles. The Morgan fingerprint density at radius 3 is 2.22 bits per heavy atom. The van der Waals surface area contributed by atoms with E-state index in [1.807, 2.05) is 0 Å². The van der Waals surface area contributed by atoms with Gasteiger partial charge >= 0.3 is 5.97 Å². The molecular weight excluding hydrogens is 236 g/mol. The summed E-state index contributed by atoms with van der Waals surface area (Å²) >= 11 is 0. The minimum Gasteiger partial charge on any atom is -0.516 e. The summed E-state index contributed by atoms with van der Waals surface area (Å²) in [5, 5.41) is 16.9. The van der Waals surface area contributed by atoms with E-state index in [0.29, 0.717) is 0 Å². The lowest BCUT2D eigenvalue weighted by Crippen LogP contribution is -2.03. The zero-order valence-electron chi connectivity index (χ0n) is 9.92. The molecule has 0 amide bonds. The number of aromatic hydroxyl groups is 1. The Labute approximate surface area is 105 Å². The van der Waals surface area contributed by atoms with Gasteiger partial charge in [-0.15, -0.1) is 0 Å². The zero-order chi connectivity index (χ0) is 14.1. The van der Waals surface area contributed by atoms with Crippen molar-refractivity contribution in [2.75, 3.05) is 0 Å². The van der Waals surface area contributed by atoms with Gasteiger partial charge in [-0.1, -0.05) is 19.2 Å². The average molecular weight is 250 g/mol. The van der Waals surface area contributed by atoms with Gasteiger partial charge in [0, 0.05) is 0 Å². The number of phenols is 1. The number of benzene rings is 1. The number of hydrogen-bond acceptors (Lipinski definition) is 5. The number of ether oxygens (including phenoxy) is 1. The Morgan fingerprint density at radius 1 is 1.28 bits per heavy atom. The first-order valence-corrected chi connectivity index (χ1v) is 4.89. The van der Waals surface area contributed by atoms with Crippen LogP contribution in [-0.4, -0.2) is 22.0 Å². The lowest BCUT2D eigenvalue weighted by atomic mass is 10.1. The van der Waals surface area contributed by atoms with E-state index < -0.39 is 5.97 Å². The molecule has 0 aliphatic carbocycles. The fraction of sp³-hybridized carbons (Fsp3) is 0.0769. The van der Waals surface area contributed by atoms with Crippen LogP contribution in [0.25, 0.3) is 0 Å². The van der Waals surface area contributed by atoms with Crippen molar-refractivity contribution in [2.45, 2.75) is 6.92 Å². The highest BCUT2D eigenvalue weighted by Crippen LogP contribution is 2.23. The number of aliphatic hydroxyl groups is 1. The number of ketones is 1. The third-order valence-corrected chi connectivity index (χ3v) is 1.83. The Hall–Kier alpha value is -2.56. The van der Waals surface area contributed by atoms with E-state index in [0.717, 1.165) is 12.5 Å². The van der Waals surface area contributed by atoms with Gasteiger partial charge in [-0.25, -0.2) is 4.79 Å². The molecule has 5 heteroatoms. The van der Waals surface area contributed by atoms with E-state index in [4.69, 9.17) is 5.11 Å². The molecule has 1 rings (SSSR count). The monoisotopic (exact) mass is 250 g/mol. The zero-order valence-corrected chi connectivity index (χ0v) is 9.92. The van der Waals surface area contributed by atoms with Gasteiger partial charge in [-0.3, -0.25) is 4.79 Å². The van der Waals surface area contributed by atoms with Gasteiger partial charge in [0.05, 0.1) is 18.1 Å². The summed E-state index contributed by atoms with van der Waals surface area (Å²) in [4.78, 5) is 22.3. The van der Waals surface area contributed by atoms with Crippen LogP contribution < -0.4 is 0 Å². The number of phenolic OH excluding ortho intramolecular Hbond substituents is 1. The molecule has 0 saturated heterocycles. The molecule has 18 heavy (non-hydrogen) atoms. The molecular formula is C13H14O5. The normalized spacial score (nSPS) is 8.50. The van der Waals surface area contributed by atoms with Crippen molar-refractivity contribution in [3.05, 3.63) is 55.0 Å². The van der Waals surface area contributed by atoms with Gasteiger partial charge < -0.3 is 14.9 Å². The number of Topliss-reactive ketones (excluding diaryl/α,β-unsaturated/α-hetero) is 1. The Morgan fingerprint density at radius 2 is 1.78 bits per heavy atom. The predicted molar refractivity (Wildman–Crippen MR) is 66.5 cm³/mol. The SMILES string of the molecule is C=CO.C=COC(=O)c1cccc(C(C)=O)c1O. The third kappa shape index (κ3) is 4.13. The van der Waals surface area contributed by atoms with Crippen LogP contribution in [0.1, 0.15) is 27.6 Å². The second-order valence-corrected chi connectivity index (χ2v) is 3.01. The maximum atomic E-state index is 11.3. The number of rotatable bonds is 3. The summed E-state index contributed by atoms with van der Waals surface area (Å²) < 4.78 is 4.50. The molecule has 0 aliphatic rings. The van der Waals surface area contributed by atoms with Crippen molar-refractivity contribution in [2.24, 2.45) is 0 Å². The van der Waals surface area contributed by atoms with Crippen molar-refractivity contribution in [3.8, 4) is 5.75 Å². The topological polar surface area (TPSA) is 83.8 Å². The fourth-order valence-corrected chi connectivity index (χ4v) is 1.13. The Bertz CT molecular complexity index is 462. The quantitative estimate of drug-likeness (QED) is 0.489. The summed E-state index contributed by atoms with van der Waals surface area (Å²) in [5.74, 6) is -1.43. The smallest absolute Gasteiger partial charge is 0.346 e. The highest BCUT2D eigenvalue weighted by Gasteiger charge is 2.16. The molecule has 1 aromatic rings. The first-order valence-electron chi connectivity index (χ1n) is 4.89. The largest absolute Gasteiger partial charge is 0.516 e. The van der Waals surface area contributed by atoms with Crippen LogP contribution in [0.4, 0.5) is 0 Å². The van der Waals surface area contributed by atoms with Gasteiger partial charge in [-0.05, 0) is 19.1 Å². The molecule has 96 valence electrons. The summed E-state index contributed by atoms with van der Waals surface area (Å²) in [7, 11) is 0. The van der Waals surface area contributed by atoms with Gasteiger partial charge in [-0.2, -0.15) is 0 Å². The molecule has 5 nitrogen and oxygen atoms in total. The first kappa shape index (κ1) is 15.4. The number of para-hydroxylation sites is 1. The van der Waals surface area contributed by atoms with E-state index in [9.17, 15) is 14.7 Å². The van der Waals surface area contributed by atoms with Gasteiger partial charge in [0.25, 0.3) is 0 Å². The van der Waals surface area contributed by atoms with Crippen molar-refractivity contribution >= 4 is 11.8 Å². The highest BCUT2D eigenvalue weighted by molar-refractivity contribution is 6.02. The van der Waals surface area contributed by atoms with Crippen molar-refractivity contribution in [1.82, 2.24) is 0 Å². The van der Waals surface area contributed by atoms with Crippen LogP contribution >= 0.6 is 0 Å². The predicted octanol–water partition coefficient (Wildman–Crippen LogP) is 2.58. The number of carbonyl (C=O) groups is 2. The maximum Gasteiger partial charge on any atom is 0.346 e. The summed E-state index contributed by atoms with van der Waals surface area (Å²) in [5.41, 5.74) is 0.0381. The molecule has 0 bridgehead atoms. The minimum absolute atomic E-state index is 0.0531.